The van der Waals surface area contributed by atoms with Crippen LogP contribution in [-0.4, -0.2) is 37.9 Å². The van der Waals surface area contributed by atoms with Crippen molar-refractivity contribution in [2.75, 3.05) is 19.8 Å². The molecule has 0 N–H and O–H groups in total. The molecule has 0 aromatic heterocycles. The second-order valence-corrected chi connectivity index (χ2v) is 17.0. The number of carbonyl (C=O) groups is 2. The number of esters is 2. The summed E-state index contributed by atoms with van der Waals surface area (Å²) >= 11 is 0. The molecule has 0 aliphatic carbocycles. The number of unbranched alkanes of at least 4 members (excludes halogenated alkanes) is 22. The van der Waals surface area contributed by atoms with E-state index in [4.69, 9.17) is 14.2 Å². The minimum Gasteiger partial charge on any atom is -0.462 e. The van der Waals surface area contributed by atoms with Gasteiger partial charge < -0.3 is 14.2 Å². The summed E-state index contributed by atoms with van der Waals surface area (Å²) in [5, 5.41) is 0. The first-order valence-corrected chi connectivity index (χ1v) is 26.1. The fourth-order valence-electron chi connectivity index (χ4n) is 7.10. The number of carbonyl (C=O) groups excluding carboxylic acids is 2. The molecular formula is C57H98O5. The Balaban J connectivity index is 4.30. The lowest BCUT2D eigenvalue weighted by Crippen LogP contribution is -2.30. The average molecular weight is 863 g/mol. The van der Waals surface area contributed by atoms with Crippen LogP contribution in [0.5, 0.6) is 0 Å². The van der Waals surface area contributed by atoms with Gasteiger partial charge in [0.15, 0.2) is 6.10 Å². The zero-order valence-electron chi connectivity index (χ0n) is 40.9. The number of hydrogen-bond acceptors (Lipinski definition) is 5. The van der Waals surface area contributed by atoms with Crippen LogP contribution in [-0.2, 0) is 23.8 Å². The Morgan fingerprint density at radius 2 is 0.726 bits per heavy atom. The highest BCUT2D eigenvalue weighted by Gasteiger charge is 2.17. The first kappa shape index (κ1) is 59.1. The summed E-state index contributed by atoms with van der Waals surface area (Å²) in [5.74, 6) is -0.430. The van der Waals surface area contributed by atoms with Crippen molar-refractivity contribution in [3.63, 3.8) is 0 Å². The Hall–Kier alpha value is -2.92. The quantitative estimate of drug-likeness (QED) is 0.0346. The normalized spacial score (nSPS) is 12.9. The molecule has 0 aromatic rings. The highest BCUT2D eigenvalue weighted by Crippen LogP contribution is 2.14. The third-order valence-corrected chi connectivity index (χ3v) is 10.9. The minimum atomic E-state index is -0.552. The number of hydrogen-bond donors (Lipinski definition) is 0. The maximum absolute atomic E-state index is 12.8. The molecule has 0 bridgehead atoms. The molecule has 1 atom stereocenters. The van der Waals surface area contributed by atoms with E-state index >= 15 is 0 Å². The van der Waals surface area contributed by atoms with Crippen LogP contribution in [0.3, 0.4) is 0 Å². The van der Waals surface area contributed by atoms with Crippen LogP contribution < -0.4 is 0 Å². The molecule has 0 spiro atoms. The van der Waals surface area contributed by atoms with Crippen LogP contribution >= 0.6 is 0 Å². The van der Waals surface area contributed by atoms with Crippen molar-refractivity contribution < 1.29 is 23.8 Å². The van der Waals surface area contributed by atoms with Crippen molar-refractivity contribution >= 4 is 11.9 Å². The van der Waals surface area contributed by atoms with Gasteiger partial charge in [0, 0.05) is 19.4 Å². The van der Waals surface area contributed by atoms with Gasteiger partial charge in [-0.1, -0.05) is 221 Å². The third kappa shape index (κ3) is 49.7. The standard InChI is InChI=1S/C57H98O5/c1-4-7-10-13-16-19-22-25-27-28-29-30-32-33-35-38-41-44-47-50-56(58)61-54-55(53-60-52-49-46-43-40-37-24-21-18-15-12-9-6-3)62-57(59)51-48-45-42-39-36-34-31-26-23-20-17-14-11-8-5-2/h7-8,10-11,16-17,19-20,25-27,29-31,55H,4-6,9,12-15,18,21-24,28,32-54H2,1-3H3/b10-7-,11-8-,19-16-,20-17-,27-25-,30-29-,31-26-. The summed E-state index contributed by atoms with van der Waals surface area (Å²) < 4.78 is 17.4. The van der Waals surface area contributed by atoms with Crippen molar-refractivity contribution in [2.24, 2.45) is 0 Å². The first-order valence-electron chi connectivity index (χ1n) is 26.1. The highest BCUT2D eigenvalue weighted by molar-refractivity contribution is 5.70. The monoisotopic (exact) mass is 863 g/mol. The van der Waals surface area contributed by atoms with E-state index in [1.54, 1.807) is 0 Å². The molecule has 0 aliphatic rings. The van der Waals surface area contributed by atoms with E-state index in [-0.39, 0.29) is 25.2 Å². The van der Waals surface area contributed by atoms with Crippen molar-refractivity contribution in [2.45, 2.75) is 245 Å². The molecule has 62 heavy (non-hydrogen) atoms. The molecular weight excluding hydrogens is 765 g/mol. The van der Waals surface area contributed by atoms with Crippen molar-refractivity contribution in [1.82, 2.24) is 0 Å². The minimum absolute atomic E-state index is 0.0690. The van der Waals surface area contributed by atoms with Crippen molar-refractivity contribution in [1.29, 1.82) is 0 Å². The van der Waals surface area contributed by atoms with Gasteiger partial charge >= 0.3 is 11.9 Å². The summed E-state index contributed by atoms with van der Waals surface area (Å²) in [5.41, 5.74) is 0. The van der Waals surface area contributed by atoms with Crippen LogP contribution in [0.15, 0.2) is 85.1 Å². The van der Waals surface area contributed by atoms with Gasteiger partial charge in [-0.15, -0.1) is 0 Å². The lowest BCUT2D eigenvalue weighted by molar-refractivity contribution is -0.163. The van der Waals surface area contributed by atoms with Gasteiger partial charge in [0.2, 0.25) is 0 Å². The molecule has 0 aliphatic heterocycles. The lowest BCUT2D eigenvalue weighted by atomic mass is 10.1. The van der Waals surface area contributed by atoms with Crippen LogP contribution in [0.4, 0.5) is 0 Å². The maximum atomic E-state index is 12.8. The Labute approximate surface area is 384 Å². The van der Waals surface area contributed by atoms with Crippen LogP contribution in [0.1, 0.15) is 239 Å². The van der Waals surface area contributed by atoms with E-state index in [0.717, 1.165) is 109 Å². The number of rotatable bonds is 47. The smallest absolute Gasteiger partial charge is 0.306 e. The van der Waals surface area contributed by atoms with Crippen LogP contribution in [0.2, 0.25) is 0 Å². The Bertz CT molecular complexity index is 1160. The summed E-state index contributed by atoms with van der Waals surface area (Å²) in [7, 11) is 0. The molecule has 356 valence electrons. The summed E-state index contributed by atoms with van der Waals surface area (Å²) in [6, 6.07) is 0. The summed E-state index contributed by atoms with van der Waals surface area (Å²) in [6.07, 6.45) is 68.7. The molecule has 5 nitrogen and oxygen atoms in total. The van der Waals surface area contributed by atoms with E-state index in [2.05, 4.69) is 106 Å². The molecule has 0 fully saturated rings. The van der Waals surface area contributed by atoms with E-state index < -0.39 is 6.10 Å². The molecule has 0 saturated carbocycles. The molecule has 1 unspecified atom stereocenters. The van der Waals surface area contributed by atoms with E-state index in [9.17, 15) is 9.59 Å². The average Bonchev–Trinajstić information content (AvgIpc) is 3.27. The molecule has 5 heteroatoms. The molecule has 0 radical (unpaired) electrons. The fourth-order valence-corrected chi connectivity index (χ4v) is 7.10. The SMILES string of the molecule is CC/C=C\C/C=C\C/C=C\C/C=C\CCCCCCCCC(=O)OCC(COCCCCCCCCCCCCCC)OC(=O)CCCCCCC/C=C\C/C=C\C/C=C\CC. The highest BCUT2D eigenvalue weighted by atomic mass is 16.6. The van der Waals surface area contributed by atoms with Gasteiger partial charge in [-0.3, -0.25) is 9.59 Å². The maximum Gasteiger partial charge on any atom is 0.306 e. The third-order valence-electron chi connectivity index (χ3n) is 10.9. The number of ether oxygens (including phenoxy) is 3. The molecule has 0 saturated heterocycles. The Kier molecular flexibility index (Phi) is 50.0. The van der Waals surface area contributed by atoms with Crippen LogP contribution in [0.25, 0.3) is 0 Å². The zero-order valence-corrected chi connectivity index (χ0v) is 40.9. The molecule has 0 heterocycles. The van der Waals surface area contributed by atoms with Crippen molar-refractivity contribution in [3.8, 4) is 0 Å². The van der Waals surface area contributed by atoms with Gasteiger partial charge in [-0.25, -0.2) is 0 Å². The molecule has 0 rings (SSSR count). The lowest BCUT2D eigenvalue weighted by Gasteiger charge is -2.18. The molecule has 0 aromatic carbocycles. The first-order chi connectivity index (χ1) is 30.6. The Morgan fingerprint density at radius 3 is 1.16 bits per heavy atom. The fraction of sp³-hybridized carbons (Fsp3) is 0.719. The van der Waals surface area contributed by atoms with E-state index in [1.807, 2.05) is 0 Å². The van der Waals surface area contributed by atoms with Gasteiger partial charge in [0.1, 0.15) is 6.61 Å². The van der Waals surface area contributed by atoms with Gasteiger partial charge in [-0.05, 0) is 89.9 Å². The Morgan fingerprint density at radius 1 is 0.371 bits per heavy atom. The largest absolute Gasteiger partial charge is 0.462 e. The molecule has 0 amide bonds. The predicted molar refractivity (Wildman–Crippen MR) is 270 cm³/mol. The zero-order chi connectivity index (χ0) is 44.9. The van der Waals surface area contributed by atoms with Crippen LogP contribution in [0, 0.1) is 0 Å². The van der Waals surface area contributed by atoms with Gasteiger partial charge in [0.05, 0.1) is 6.61 Å². The second-order valence-electron chi connectivity index (χ2n) is 17.0. The summed E-state index contributed by atoms with van der Waals surface area (Å²) in [6.45, 7) is 7.58. The summed E-state index contributed by atoms with van der Waals surface area (Å²) in [4.78, 5) is 25.4. The van der Waals surface area contributed by atoms with Crippen molar-refractivity contribution in [3.05, 3.63) is 85.1 Å². The van der Waals surface area contributed by atoms with E-state index in [0.29, 0.717) is 19.4 Å². The topological polar surface area (TPSA) is 61.8 Å². The van der Waals surface area contributed by atoms with Gasteiger partial charge in [-0.2, -0.15) is 0 Å². The second kappa shape index (κ2) is 52.4. The van der Waals surface area contributed by atoms with Gasteiger partial charge in [0.25, 0.3) is 0 Å². The predicted octanol–water partition coefficient (Wildman–Crippen LogP) is 17.7. The number of allylic oxidation sites excluding steroid dienone is 14. The van der Waals surface area contributed by atoms with E-state index in [1.165, 1.54) is 96.3 Å².